The topological polar surface area (TPSA) is 237 Å². The summed E-state index contributed by atoms with van der Waals surface area (Å²) in [5, 5.41) is 10.6. The number of carbonyl (C=O) groups excluding carboxylic acids is 4. The molecule has 0 aliphatic rings. The van der Waals surface area contributed by atoms with Gasteiger partial charge < -0.3 is 33.8 Å². The zero-order chi connectivity index (χ0) is 74.6. The average Bonchev–Trinajstić information content (AvgIpc) is 0.923. The number of hydrogen-bond acceptors (Lipinski definition) is 15. The molecule has 0 radical (unpaired) electrons. The number of esters is 4. The minimum Gasteiger partial charge on any atom is -0.462 e. The summed E-state index contributed by atoms with van der Waals surface area (Å²) in [4.78, 5) is 72.8. The van der Waals surface area contributed by atoms with Gasteiger partial charge >= 0.3 is 39.5 Å². The second-order valence-corrected chi connectivity index (χ2v) is 26.6. The summed E-state index contributed by atoms with van der Waals surface area (Å²) in [6.07, 6.45) is 90.1. The Bertz CT molecular complexity index is 2750. The van der Waals surface area contributed by atoms with E-state index in [9.17, 15) is 43.2 Å². The SMILES string of the molecule is CC/C=C\C/C=C\C/C=C\C/C=C\C/C=C\CCCC(=O)OCC(COP(=O)(O)OCC(O)COP(=O)(O)OCC(COC(=O)C/C=C\C/C=C\C/C=C\C/C=C\C/C=C\CC)OC(=O)CCCCCCC/C=C\C/C=C\C/C=C\CC)OC(=O)CCCC/C=C\C/C=C\C/C=C\C/C=C\CC. The van der Waals surface area contributed by atoms with Crippen LogP contribution in [-0.2, 0) is 65.4 Å². The van der Waals surface area contributed by atoms with Gasteiger partial charge in [-0.2, -0.15) is 0 Å². The van der Waals surface area contributed by atoms with Crippen LogP contribution < -0.4 is 0 Å². The van der Waals surface area contributed by atoms with E-state index >= 15 is 0 Å². The second kappa shape index (κ2) is 73.0. The van der Waals surface area contributed by atoms with Crippen LogP contribution in [-0.4, -0.2) is 96.7 Å². The van der Waals surface area contributed by atoms with Crippen molar-refractivity contribution < 1.29 is 80.2 Å². The van der Waals surface area contributed by atoms with E-state index in [1.807, 2.05) is 36.5 Å². The maximum atomic E-state index is 13.1. The fourth-order valence-corrected chi connectivity index (χ4v) is 10.3. The molecule has 0 aromatic heterocycles. The van der Waals surface area contributed by atoms with Crippen molar-refractivity contribution in [2.45, 2.75) is 251 Å². The number of unbranched alkanes of at least 4 members (excludes halogenated alkanes) is 8. The monoisotopic (exact) mass is 1460 g/mol. The molecule has 3 N–H and O–H groups in total. The number of allylic oxidation sites excluding steroid dienone is 33. The first-order valence-corrected chi connectivity index (χ1v) is 40.3. The summed E-state index contributed by atoms with van der Waals surface area (Å²) in [5.74, 6) is -2.49. The third-order valence-electron chi connectivity index (χ3n) is 14.3. The molecule has 0 aromatic carbocycles. The van der Waals surface area contributed by atoms with Gasteiger partial charge in [0.2, 0.25) is 0 Å². The Morgan fingerprint density at radius 2 is 0.529 bits per heavy atom. The minimum atomic E-state index is -5.02. The number of aliphatic hydroxyl groups excluding tert-OH is 1. The van der Waals surface area contributed by atoms with Crippen molar-refractivity contribution in [3.05, 3.63) is 207 Å². The van der Waals surface area contributed by atoms with Gasteiger partial charge in [0.25, 0.3) is 0 Å². The molecule has 572 valence electrons. The van der Waals surface area contributed by atoms with E-state index in [1.54, 1.807) is 6.08 Å². The van der Waals surface area contributed by atoms with Crippen LogP contribution in [0.15, 0.2) is 207 Å². The maximum absolute atomic E-state index is 13.1. The predicted octanol–water partition coefficient (Wildman–Crippen LogP) is 21.5. The lowest BCUT2D eigenvalue weighted by Gasteiger charge is -2.21. The van der Waals surface area contributed by atoms with Crippen LogP contribution >= 0.6 is 15.6 Å². The van der Waals surface area contributed by atoms with Gasteiger partial charge in [0.05, 0.1) is 32.8 Å². The number of phosphoric ester groups is 2. The molecule has 0 rings (SSSR count). The number of rotatable bonds is 67. The van der Waals surface area contributed by atoms with Crippen LogP contribution in [0, 0.1) is 0 Å². The highest BCUT2D eigenvalue weighted by atomic mass is 31.2. The first-order valence-electron chi connectivity index (χ1n) is 37.3. The molecule has 0 spiro atoms. The Hall–Kier alpha value is -6.36. The molecule has 5 unspecified atom stereocenters. The summed E-state index contributed by atoms with van der Waals surface area (Å²) in [7, 11) is -10.0. The van der Waals surface area contributed by atoms with Crippen LogP contribution in [0.25, 0.3) is 0 Å². The van der Waals surface area contributed by atoms with Crippen LogP contribution in [0.5, 0.6) is 0 Å². The minimum absolute atomic E-state index is 0.0187. The predicted molar refractivity (Wildman–Crippen MR) is 417 cm³/mol. The van der Waals surface area contributed by atoms with Crippen molar-refractivity contribution in [1.82, 2.24) is 0 Å². The number of hydrogen-bond donors (Lipinski definition) is 3. The number of aliphatic hydroxyl groups is 1. The third kappa shape index (κ3) is 72.0. The molecular formula is C83H128O17P2. The van der Waals surface area contributed by atoms with Gasteiger partial charge in [-0.15, -0.1) is 0 Å². The standard InChI is InChI=1S/C83H128O17P2/c1-5-9-13-17-21-25-29-33-37-38-42-44-48-52-56-60-64-68-81(86)94-74-79(100-83(88)70-66-62-58-54-50-46-41-36-32-28-24-20-16-12-8-4)76-98-102(91,92)96-72-77(84)71-95-101(89,90)97-75-78(99-82(87)69-65-61-57-53-49-45-40-35-31-27-23-19-15-11-7-3)73-93-80(85)67-63-59-55-51-47-43-39-34-30-26-22-18-14-10-6-2/h9-16,21-28,33-37,39-42,44,47,50-52,54,56,59,63,77-79,84H,5-8,17-20,29-32,38,43,45-46,48-49,53,55,57-58,60-62,64-76H2,1-4H3,(H,89,90)(H,91,92)/b13-9-,14-10-,15-11-,16-12-,25-21-,26-22-,27-23-,28-24-,37-33-,39-34-,40-35-,41-36-,44-42-,51-47-,54-50-,56-52-,63-59-. The lowest BCUT2D eigenvalue weighted by molar-refractivity contribution is -0.161. The highest BCUT2D eigenvalue weighted by Gasteiger charge is 2.30. The van der Waals surface area contributed by atoms with Crippen molar-refractivity contribution in [2.24, 2.45) is 0 Å². The zero-order valence-electron chi connectivity index (χ0n) is 62.2. The Morgan fingerprint density at radius 1 is 0.284 bits per heavy atom. The first-order chi connectivity index (χ1) is 49.7. The van der Waals surface area contributed by atoms with Gasteiger partial charge in [0, 0.05) is 19.3 Å². The van der Waals surface area contributed by atoms with Crippen molar-refractivity contribution in [3.8, 4) is 0 Å². The van der Waals surface area contributed by atoms with Crippen LogP contribution in [0.4, 0.5) is 0 Å². The Kier molecular flexibility index (Phi) is 68.4. The van der Waals surface area contributed by atoms with Crippen LogP contribution in [0.3, 0.4) is 0 Å². The van der Waals surface area contributed by atoms with Crippen LogP contribution in [0.1, 0.15) is 233 Å². The second-order valence-electron chi connectivity index (χ2n) is 23.7. The summed E-state index contributed by atoms with van der Waals surface area (Å²) < 4.78 is 68.2. The number of carbonyl (C=O) groups is 4. The number of phosphoric acid groups is 2. The molecule has 0 saturated carbocycles. The molecule has 0 aromatic rings. The molecule has 0 bridgehead atoms. The lowest BCUT2D eigenvalue weighted by atomic mass is 10.1. The Labute approximate surface area is 614 Å². The molecule has 0 fully saturated rings. The van der Waals surface area contributed by atoms with E-state index in [1.165, 1.54) is 0 Å². The molecule has 0 heterocycles. The highest BCUT2D eigenvalue weighted by molar-refractivity contribution is 7.47. The lowest BCUT2D eigenvalue weighted by Crippen LogP contribution is -2.30. The third-order valence-corrected chi connectivity index (χ3v) is 16.2. The fraction of sp³-hybridized carbons (Fsp3) is 0.542. The fourth-order valence-electron chi connectivity index (χ4n) is 8.74. The van der Waals surface area contributed by atoms with Crippen LogP contribution in [0.2, 0.25) is 0 Å². The van der Waals surface area contributed by atoms with Crippen molar-refractivity contribution in [1.29, 1.82) is 0 Å². The molecule has 0 aliphatic heterocycles. The molecule has 0 amide bonds. The Morgan fingerprint density at radius 3 is 0.873 bits per heavy atom. The van der Waals surface area contributed by atoms with Gasteiger partial charge in [-0.05, 0) is 161 Å². The molecule has 0 saturated heterocycles. The van der Waals surface area contributed by atoms with E-state index in [0.29, 0.717) is 38.5 Å². The van der Waals surface area contributed by atoms with Gasteiger partial charge in [0.15, 0.2) is 12.2 Å². The van der Waals surface area contributed by atoms with E-state index in [0.717, 1.165) is 141 Å². The summed E-state index contributed by atoms with van der Waals surface area (Å²) in [6, 6.07) is 0. The Balaban J connectivity index is 5.56. The van der Waals surface area contributed by atoms with Gasteiger partial charge in [-0.3, -0.25) is 37.3 Å². The van der Waals surface area contributed by atoms with Crippen molar-refractivity contribution in [3.63, 3.8) is 0 Å². The van der Waals surface area contributed by atoms with E-state index < -0.39 is 97.5 Å². The molecule has 0 aliphatic carbocycles. The van der Waals surface area contributed by atoms with Gasteiger partial charge in [-0.25, -0.2) is 9.13 Å². The molecule has 102 heavy (non-hydrogen) atoms. The number of ether oxygens (including phenoxy) is 4. The summed E-state index contributed by atoms with van der Waals surface area (Å²) >= 11 is 0. The summed E-state index contributed by atoms with van der Waals surface area (Å²) in [5.41, 5.74) is 0. The van der Waals surface area contributed by atoms with E-state index in [4.69, 9.17) is 37.0 Å². The largest absolute Gasteiger partial charge is 0.472 e. The van der Waals surface area contributed by atoms with E-state index in [2.05, 4.69) is 192 Å². The zero-order valence-corrected chi connectivity index (χ0v) is 64.0. The maximum Gasteiger partial charge on any atom is 0.472 e. The summed E-state index contributed by atoms with van der Waals surface area (Å²) in [6.45, 7) is 4.11. The van der Waals surface area contributed by atoms with Gasteiger partial charge in [0.1, 0.15) is 19.3 Å². The van der Waals surface area contributed by atoms with Gasteiger partial charge in [-0.1, -0.05) is 254 Å². The molecule has 17 nitrogen and oxygen atoms in total. The van der Waals surface area contributed by atoms with Crippen molar-refractivity contribution in [2.75, 3.05) is 39.6 Å². The van der Waals surface area contributed by atoms with E-state index in [-0.39, 0.29) is 25.7 Å². The normalized spacial score (nSPS) is 15.1. The first kappa shape index (κ1) is 95.6. The quantitative estimate of drug-likeness (QED) is 0.0169. The average molecular weight is 1460 g/mol. The smallest absolute Gasteiger partial charge is 0.462 e. The molecule has 5 atom stereocenters. The molecular weight excluding hydrogens is 1330 g/mol. The van der Waals surface area contributed by atoms with Crippen molar-refractivity contribution >= 4 is 39.5 Å². The molecule has 19 heteroatoms. The highest BCUT2D eigenvalue weighted by Crippen LogP contribution is 2.45.